The highest BCUT2D eigenvalue weighted by atomic mass is 35.5. The summed E-state index contributed by atoms with van der Waals surface area (Å²) in [5, 5.41) is 8.50. The highest BCUT2D eigenvalue weighted by Crippen LogP contribution is 2.38. The van der Waals surface area contributed by atoms with Gasteiger partial charge in [-0.05, 0) is 74.2 Å². The molecular formula is C31H31ClF3N3O3. The van der Waals surface area contributed by atoms with Crippen molar-refractivity contribution in [3.05, 3.63) is 98.8 Å². The fourth-order valence-electron chi connectivity index (χ4n) is 5.26. The quantitative estimate of drug-likeness (QED) is 0.262. The summed E-state index contributed by atoms with van der Waals surface area (Å²) < 4.78 is 31.7. The average molecular weight is 586 g/mol. The summed E-state index contributed by atoms with van der Waals surface area (Å²) in [7, 11) is 0. The Kier molecular flexibility index (Phi) is 9.50. The average Bonchev–Trinajstić information content (AvgIpc) is 2.95. The van der Waals surface area contributed by atoms with Crippen LogP contribution in [0.5, 0.6) is 0 Å². The number of aromatic amines is 1. The number of alkyl halides is 3. The van der Waals surface area contributed by atoms with Gasteiger partial charge in [-0.2, -0.15) is 13.2 Å². The van der Waals surface area contributed by atoms with E-state index in [2.05, 4.69) is 35.0 Å². The second-order valence-corrected chi connectivity index (χ2v) is 10.6. The summed E-state index contributed by atoms with van der Waals surface area (Å²) in [6, 6.07) is 22.4. The molecule has 2 N–H and O–H groups in total. The van der Waals surface area contributed by atoms with Crippen molar-refractivity contribution in [1.29, 1.82) is 0 Å². The van der Waals surface area contributed by atoms with Crippen LogP contribution in [0.2, 0.25) is 5.02 Å². The van der Waals surface area contributed by atoms with Crippen molar-refractivity contribution < 1.29 is 23.1 Å². The number of piperidine rings is 1. The maximum absolute atomic E-state index is 13.1. The molecule has 1 unspecified atom stereocenters. The summed E-state index contributed by atoms with van der Waals surface area (Å²) in [6.07, 6.45) is -2.72. The Balaban J connectivity index is 0.000000493. The first kappa shape index (κ1) is 30.3. The van der Waals surface area contributed by atoms with E-state index >= 15 is 0 Å². The summed E-state index contributed by atoms with van der Waals surface area (Å²) >= 11 is 6.20. The van der Waals surface area contributed by atoms with Crippen molar-refractivity contribution in [2.24, 2.45) is 5.92 Å². The van der Waals surface area contributed by atoms with Crippen LogP contribution in [0.15, 0.2) is 71.5 Å². The van der Waals surface area contributed by atoms with Crippen LogP contribution >= 0.6 is 11.6 Å². The molecule has 0 aliphatic carbocycles. The first-order chi connectivity index (χ1) is 19.5. The maximum atomic E-state index is 13.1. The molecule has 0 amide bonds. The first-order valence-corrected chi connectivity index (χ1v) is 13.7. The molecule has 41 heavy (non-hydrogen) atoms. The number of aryl methyl sites for hydroxylation is 1. The van der Waals surface area contributed by atoms with E-state index in [-0.39, 0.29) is 11.5 Å². The Morgan fingerprint density at radius 1 is 1.10 bits per heavy atom. The van der Waals surface area contributed by atoms with Crippen LogP contribution in [0.4, 0.5) is 13.2 Å². The van der Waals surface area contributed by atoms with Crippen LogP contribution in [0.25, 0.3) is 22.3 Å². The zero-order valence-electron chi connectivity index (χ0n) is 22.7. The number of halogens is 4. The zero-order chi connectivity index (χ0) is 29.7. The highest BCUT2D eigenvalue weighted by molar-refractivity contribution is 6.30. The van der Waals surface area contributed by atoms with Gasteiger partial charge < -0.3 is 15.0 Å². The van der Waals surface area contributed by atoms with Gasteiger partial charge in [0.15, 0.2) is 0 Å². The number of hydrogen-bond acceptors (Lipinski definition) is 4. The number of H-pyrrole nitrogens is 1. The molecule has 1 fully saturated rings. The molecule has 1 aromatic heterocycles. The molecule has 2 atom stereocenters. The van der Waals surface area contributed by atoms with Crippen LogP contribution in [0.1, 0.15) is 42.4 Å². The fraction of sp³-hybridized carbons (Fsp3) is 0.323. The normalized spacial score (nSPS) is 16.6. The molecule has 0 saturated carbocycles. The van der Waals surface area contributed by atoms with Gasteiger partial charge in [0.25, 0.3) is 5.56 Å². The highest BCUT2D eigenvalue weighted by Gasteiger charge is 2.38. The van der Waals surface area contributed by atoms with E-state index in [1.54, 1.807) is 0 Å². The van der Waals surface area contributed by atoms with E-state index in [0.717, 1.165) is 41.3 Å². The number of nitrogens with zero attached hydrogens (tertiary/aromatic N) is 2. The molecule has 4 aromatic rings. The number of benzene rings is 3. The number of carboxylic acids is 1. The topological polar surface area (TPSA) is 86.3 Å². The summed E-state index contributed by atoms with van der Waals surface area (Å²) in [6.45, 7) is 7.55. The molecule has 5 rings (SSSR count). The van der Waals surface area contributed by atoms with E-state index in [0.29, 0.717) is 17.1 Å². The number of fused-ring (bicyclic) bond motifs is 1. The predicted octanol–water partition coefficient (Wildman–Crippen LogP) is 7.05. The maximum Gasteiger partial charge on any atom is 0.490 e. The largest absolute Gasteiger partial charge is 0.490 e. The molecule has 0 bridgehead atoms. The third-order valence-electron chi connectivity index (χ3n) is 7.35. The lowest BCUT2D eigenvalue weighted by atomic mass is 9.76. The molecule has 3 aromatic carbocycles. The van der Waals surface area contributed by atoms with E-state index in [1.165, 1.54) is 24.0 Å². The van der Waals surface area contributed by atoms with Gasteiger partial charge in [0.05, 0.1) is 10.9 Å². The molecule has 0 spiro atoms. The molecule has 6 nitrogen and oxygen atoms in total. The zero-order valence-corrected chi connectivity index (χ0v) is 23.5. The van der Waals surface area contributed by atoms with Crippen LogP contribution < -0.4 is 5.56 Å². The Labute approximate surface area is 240 Å². The van der Waals surface area contributed by atoms with Crippen molar-refractivity contribution in [3.63, 3.8) is 0 Å². The number of carboxylic acid groups (broad SMARTS) is 1. The fourth-order valence-corrected chi connectivity index (χ4v) is 5.38. The second kappa shape index (κ2) is 12.9. The number of rotatable bonds is 5. The van der Waals surface area contributed by atoms with Gasteiger partial charge in [-0.1, -0.05) is 66.6 Å². The first-order valence-electron chi connectivity index (χ1n) is 13.3. The number of carbonyl (C=O) groups is 1. The van der Waals surface area contributed by atoms with Gasteiger partial charge in [0.1, 0.15) is 5.82 Å². The number of aliphatic carboxylic acids is 1. The lowest BCUT2D eigenvalue weighted by Crippen LogP contribution is -2.37. The minimum Gasteiger partial charge on any atom is -0.475 e. The number of hydrogen-bond donors (Lipinski definition) is 2. The van der Waals surface area contributed by atoms with E-state index in [1.807, 2.05) is 55.5 Å². The summed E-state index contributed by atoms with van der Waals surface area (Å²) in [5.74, 6) is -1.48. The van der Waals surface area contributed by atoms with Crippen molar-refractivity contribution in [2.45, 2.75) is 38.8 Å². The number of likely N-dealkylation sites (tertiary alicyclic amines) is 1. The standard InChI is InChI=1S/C29H30ClN3O.C2HF3O2/c1-3-33-16-4-5-23(18-33)27(20-10-13-24(30)14-11-20)22-12-15-26-25(17-22)29(34)32-28(31-26)21-8-6-19(2)7-9-21;3-2(4,5)1(6)7/h6-15,17,23,27H,3-5,16,18H2,1-2H3,(H,31,32,34);(H,6,7)/t23-,27?;/m0./s1. The lowest BCUT2D eigenvalue weighted by Gasteiger charge is -2.37. The third kappa shape index (κ3) is 7.54. The van der Waals surface area contributed by atoms with Gasteiger partial charge in [-0.25, -0.2) is 9.78 Å². The Morgan fingerprint density at radius 3 is 2.34 bits per heavy atom. The number of nitrogens with one attached hydrogen (secondary N) is 1. The molecule has 1 aliphatic rings. The minimum atomic E-state index is -5.08. The van der Waals surface area contributed by atoms with Gasteiger partial charge in [0.2, 0.25) is 0 Å². The smallest absolute Gasteiger partial charge is 0.475 e. The van der Waals surface area contributed by atoms with Crippen LogP contribution in [-0.2, 0) is 4.79 Å². The minimum absolute atomic E-state index is 0.101. The van der Waals surface area contributed by atoms with Crippen molar-refractivity contribution in [1.82, 2.24) is 14.9 Å². The summed E-state index contributed by atoms with van der Waals surface area (Å²) in [4.78, 5) is 32.4. The second-order valence-electron chi connectivity index (χ2n) is 10.2. The Morgan fingerprint density at radius 2 is 1.73 bits per heavy atom. The van der Waals surface area contributed by atoms with Gasteiger partial charge in [0, 0.05) is 23.0 Å². The predicted molar refractivity (Wildman–Crippen MR) is 154 cm³/mol. The van der Waals surface area contributed by atoms with Crippen molar-refractivity contribution >= 4 is 28.5 Å². The molecule has 216 valence electrons. The van der Waals surface area contributed by atoms with Crippen LogP contribution in [-0.4, -0.2) is 51.8 Å². The summed E-state index contributed by atoms with van der Waals surface area (Å²) in [5.41, 5.74) is 5.11. The SMILES string of the molecule is CCN1CCC[C@H](C(c2ccc(Cl)cc2)c2ccc3nc(-c4ccc(C)cc4)[nH]c(=O)c3c2)C1.O=C(O)C(F)(F)F. The van der Waals surface area contributed by atoms with E-state index in [4.69, 9.17) is 26.5 Å². The number of aromatic nitrogens is 2. The molecule has 0 radical (unpaired) electrons. The molecular weight excluding hydrogens is 555 g/mol. The Bertz CT molecular complexity index is 1550. The molecule has 1 aliphatic heterocycles. The van der Waals surface area contributed by atoms with E-state index < -0.39 is 12.1 Å². The van der Waals surface area contributed by atoms with E-state index in [9.17, 15) is 18.0 Å². The van der Waals surface area contributed by atoms with Gasteiger partial charge in [-0.3, -0.25) is 4.79 Å². The van der Waals surface area contributed by atoms with Crippen LogP contribution in [0.3, 0.4) is 0 Å². The lowest BCUT2D eigenvalue weighted by molar-refractivity contribution is -0.192. The molecule has 10 heteroatoms. The third-order valence-corrected chi connectivity index (χ3v) is 7.60. The molecule has 2 heterocycles. The van der Waals surface area contributed by atoms with Crippen molar-refractivity contribution in [2.75, 3.05) is 19.6 Å². The Hall–Kier alpha value is -3.69. The van der Waals surface area contributed by atoms with Gasteiger partial charge >= 0.3 is 12.1 Å². The van der Waals surface area contributed by atoms with Crippen molar-refractivity contribution in [3.8, 4) is 11.4 Å². The van der Waals surface area contributed by atoms with Gasteiger partial charge in [-0.15, -0.1) is 0 Å². The monoisotopic (exact) mass is 585 g/mol. The van der Waals surface area contributed by atoms with Crippen LogP contribution in [0, 0.1) is 12.8 Å². The molecule has 1 saturated heterocycles.